The van der Waals surface area contributed by atoms with Crippen molar-refractivity contribution < 1.29 is 9.22 Å². The van der Waals surface area contributed by atoms with Crippen LogP contribution in [0.1, 0.15) is 52.9 Å². The molecule has 0 amide bonds. The van der Waals surface area contributed by atoms with Gasteiger partial charge in [0.1, 0.15) is 0 Å². The number of thioether (sulfide) groups is 1. The van der Waals surface area contributed by atoms with E-state index in [0.29, 0.717) is 15.4 Å². The number of rotatable bonds is 8. The van der Waals surface area contributed by atoms with Gasteiger partial charge in [-0.3, -0.25) is 4.79 Å². The van der Waals surface area contributed by atoms with E-state index in [1.807, 2.05) is 0 Å². The molecule has 1 atom stereocenters. The number of allylic oxidation sites excluding steroid dienone is 2. The number of unbranched alkanes of at least 4 members (excludes halogenated alkanes) is 1. The molecule has 1 rings (SSSR count). The SMILES string of the molecule is CC(C)(C)[Si](C)(C)OCCC/C=C/CCC1CC(=O)S1. The van der Waals surface area contributed by atoms with E-state index in [1.54, 1.807) is 0 Å². The molecule has 116 valence electrons. The molecule has 0 aromatic heterocycles. The molecule has 0 aromatic rings. The summed E-state index contributed by atoms with van der Waals surface area (Å²) in [7, 11) is -1.56. The van der Waals surface area contributed by atoms with Crippen LogP contribution in [0.4, 0.5) is 0 Å². The van der Waals surface area contributed by atoms with E-state index in [1.165, 1.54) is 11.8 Å². The summed E-state index contributed by atoms with van der Waals surface area (Å²) < 4.78 is 6.14. The van der Waals surface area contributed by atoms with E-state index in [0.717, 1.165) is 38.7 Å². The largest absolute Gasteiger partial charge is 0.417 e. The van der Waals surface area contributed by atoms with Crippen molar-refractivity contribution >= 4 is 25.2 Å². The Morgan fingerprint density at radius 3 is 2.45 bits per heavy atom. The van der Waals surface area contributed by atoms with Crippen LogP contribution in [-0.2, 0) is 9.22 Å². The molecule has 2 nitrogen and oxygen atoms in total. The van der Waals surface area contributed by atoms with Gasteiger partial charge in [-0.25, -0.2) is 0 Å². The third-order valence-corrected chi connectivity index (χ3v) is 10.0. The van der Waals surface area contributed by atoms with Crippen LogP contribution < -0.4 is 0 Å². The molecule has 1 unspecified atom stereocenters. The highest BCUT2D eigenvalue weighted by Gasteiger charge is 2.36. The average Bonchev–Trinajstić information content (AvgIpc) is 2.28. The van der Waals surface area contributed by atoms with Crippen LogP contribution in [0, 0.1) is 0 Å². The summed E-state index contributed by atoms with van der Waals surface area (Å²) in [5.41, 5.74) is 0. The molecule has 1 aliphatic rings. The van der Waals surface area contributed by atoms with Gasteiger partial charge in [-0.05, 0) is 43.8 Å². The molecular formula is C16H30O2SSi. The summed E-state index contributed by atoms with van der Waals surface area (Å²) in [6.45, 7) is 12.3. The first-order chi connectivity index (χ1) is 9.22. The fourth-order valence-corrected chi connectivity index (χ4v) is 3.73. The minimum absolute atomic E-state index is 0.306. The van der Waals surface area contributed by atoms with Gasteiger partial charge >= 0.3 is 0 Å². The quantitative estimate of drug-likeness (QED) is 0.352. The Hall–Kier alpha value is -0.0631. The second-order valence-electron chi connectivity index (χ2n) is 7.12. The average molecular weight is 315 g/mol. The monoisotopic (exact) mass is 314 g/mol. The van der Waals surface area contributed by atoms with Crippen molar-refractivity contribution in [3.63, 3.8) is 0 Å². The number of hydrogen-bond donors (Lipinski definition) is 0. The van der Waals surface area contributed by atoms with Gasteiger partial charge < -0.3 is 4.43 Å². The lowest BCUT2D eigenvalue weighted by Gasteiger charge is -2.36. The number of carbonyl (C=O) groups is 1. The molecule has 0 N–H and O–H groups in total. The Balaban J connectivity index is 2.00. The maximum Gasteiger partial charge on any atom is 0.191 e. The van der Waals surface area contributed by atoms with Crippen molar-refractivity contribution in [2.45, 2.75) is 76.3 Å². The third-order valence-electron chi connectivity index (χ3n) is 4.30. The molecule has 1 heterocycles. The van der Waals surface area contributed by atoms with Crippen LogP contribution in [0.3, 0.4) is 0 Å². The maximum absolute atomic E-state index is 10.8. The Bertz CT molecular complexity index is 337. The van der Waals surface area contributed by atoms with Crippen LogP contribution >= 0.6 is 11.8 Å². The summed E-state index contributed by atoms with van der Waals surface area (Å²) in [6.07, 6.45) is 9.78. The second kappa shape index (κ2) is 7.81. The molecule has 0 radical (unpaired) electrons. The fourth-order valence-electron chi connectivity index (χ4n) is 1.79. The van der Waals surface area contributed by atoms with Crippen LogP contribution in [0.15, 0.2) is 12.2 Å². The van der Waals surface area contributed by atoms with Gasteiger partial charge in [0.25, 0.3) is 0 Å². The molecule has 1 saturated heterocycles. The van der Waals surface area contributed by atoms with Crippen molar-refractivity contribution in [3.05, 3.63) is 12.2 Å². The Morgan fingerprint density at radius 1 is 1.30 bits per heavy atom. The summed E-state index contributed by atoms with van der Waals surface area (Å²) in [4.78, 5) is 10.8. The molecular weight excluding hydrogens is 284 g/mol. The van der Waals surface area contributed by atoms with Gasteiger partial charge in [0.15, 0.2) is 13.4 Å². The standard InChI is InChI=1S/C16H30O2SSi/c1-16(2,3)20(4,5)18-12-10-8-6-7-9-11-14-13-15(17)19-14/h6-7,14H,8-13H2,1-5H3/b7-6+. The van der Waals surface area contributed by atoms with Gasteiger partial charge in [-0.2, -0.15) is 0 Å². The normalized spacial score (nSPS) is 20.4. The molecule has 4 heteroatoms. The van der Waals surface area contributed by atoms with Gasteiger partial charge in [0.2, 0.25) is 0 Å². The van der Waals surface area contributed by atoms with Crippen LogP contribution in [0.25, 0.3) is 0 Å². The highest BCUT2D eigenvalue weighted by molar-refractivity contribution is 8.16. The predicted octanol–water partition coefficient (Wildman–Crippen LogP) is 5.16. The van der Waals surface area contributed by atoms with Crippen LogP contribution in [-0.4, -0.2) is 25.3 Å². The van der Waals surface area contributed by atoms with E-state index in [9.17, 15) is 4.79 Å². The molecule has 0 aliphatic carbocycles. The van der Waals surface area contributed by atoms with Gasteiger partial charge in [-0.1, -0.05) is 44.7 Å². The van der Waals surface area contributed by atoms with Crippen molar-refractivity contribution in [2.75, 3.05) is 6.61 Å². The van der Waals surface area contributed by atoms with Crippen LogP contribution in [0.5, 0.6) is 0 Å². The minimum atomic E-state index is -1.56. The van der Waals surface area contributed by atoms with E-state index in [2.05, 4.69) is 46.0 Å². The first-order valence-electron chi connectivity index (χ1n) is 7.71. The van der Waals surface area contributed by atoms with Crippen molar-refractivity contribution in [1.29, 1.82) is 0 Å². The summed E-state index contributed by atoms with van der Waals surface area (Å²) >= 11 is 1.52. The van der Waals surface area contributed by atoms with Gasteiger partial charge in [0, 0.05) is 18.3 Å². The summed E-state index contributed by atoms with van der Waals surface area (Å²) in [5, 5.41) is 1.26. The zero-order valence-electron chi connectivity index (χ0n) is 13.7. The molecule has 20 heavy (non-hydrogen) atoms. The lowest BCUT2D eigenvalue weighted by Crippen LogP contribution is -2.40. The lowest BCUT2D eigenvalue weighted by molar-refractivity contribution is -0.112. The Labute approximate surface area is 129 Å². The van der Waals surface area contributed by atoms with E-state index >= 15 is 0 Å². The molecule has 0 spiro atoms. The highest BCUT2D eigenvalue weighted by Crippen LogP contribution is 2.36. The topological polar surface area (TPSA) is 26.3 Å². The van der Waals surface area contributed by atoms with E-state index in [-0.39, 0.29) is 0 Å². The number of carbonyl (C=O) groups excluding carboxylic acids is 1. The lowest BCUT2D eigenvalue weighted by atomic mass is 10.1. The molecule has 1 fully saturated rings. The highest BCUT2D eigenvalue weighted by atomic mass is 32.2. The van der Waals surface area contributed by atoms with E-state index < -0.39 is 8.32 Å². The Morgan fingerprint density at radius 2 is 1.90 bits per heavy atom. The minimum Gasteiger partial charge on any atom is -0.417 e. The van der Waals surface area contributed by atoms with Gasteiger partial charge in [0.05, 0.1) is 0 Å². The zero-order valence-corrected chi connectivity index (χ0v) is 15.5. The van der Waals surface area contributed by atoms with Gasteiger partial charge in [-0.15, -0.1) is 0 Å². The summed E-state index contributed by atoms with van der Waals surface area (Å²) in [6, 6.07) is 0. The van der Waals surface area contributed by atoms with Crippen molar-refractivity contribution in [1.82, 2.24) is 0 Å². The fraction of sp³-hybridized carbons (Fsp3) is 0.812. The summed E-state index contributed by atoms with van der Waals surface area (Å²) in [5.74, 6) is 0. The Kier molecular flexibility index (Phi) is 7.02. The third kappa shape index (κ3) is 6.14. The predicted molar refractivity (Wildman–Crippen MR) is 91.8 cm³/mol. The van der Waals surface area contributed by atoms with Crippen LogP contribution in [0.2, 0.25) is 18.1 Å². The van der Waals surface area contributed by atoms with Crippen molar-refractivity contribution in [3.8, 4) is 0 Å². The number of hydrogen-bond acceptors (Lipinski definition) is 3. The smallest absolute Gasteiger partial charge is 0.191 e. The molecule has 0 aromatic carbocycles. The molecule has 0 bridgehead atoms. The first kappa shape index (κ1) is 18.0. The first-order valence-corrected chi connectivity index (χ1v) is 11.5. The van der Waals surface area contributed by atoms with E-state index in [4.69, 9.17) is 4.43 Å². The maximum atomic E-state index is 10.8. The molecule has 1 aliphatic heterocycles. The van der Waals surface area contributed by atoms with Crippen molar-refractivity contribution in [2.24, 2.45) is 0 Å². The second-order valence-corrected chi connectivity index (χ2v) is 13.3. The molecule has 0 saturated carbocycles. The zero-order chi connectivity index (χ0) is 15.2.